The lowest BCUT2D eigenvalue weighted by Gasteiger charge is -2.42. The molecule has 2 aromatic heterocycles. The SMILES string of the molecule is CC1CC2CCC1CC2.CCC1CC2CCC1CC2.Cc1cccc2c1c1ccccc1n2-c1ccccc1.Cc1ccccc1.Cc1ccccc1.Cn1c2ccccc2c2ccccc21.[2H]c1c([2H])c([2H])c(C)c([2H])c1[2H]. The molecule has 2 atom stereocenters. The molecule has 8 aromatic carbocycles. The summed E-state index contributed by atoms with van der Waals surface area (Å²) in [4.78, 5) is 0. The molecule has 74 heavy (non-hydrogen) atoms. The molecular weight excluding hydrogens is 893 g/mol. The maximum atomic E-state index is 7.31. The van der Waals surface area contributed by atoms with Crippen molar-refractivity contribution in [1.82, 2.24) is 9.13 Å². The highest BCUT2D eigenvalue weighted by Crippen LogP contribution is 2.46. The van der Waals surface area contributed by atoms with Crippen molar-refractivity contribution < 1.29 is 6.85 Å². The van der Waals surface area contributed by atoms with Gasteiger partial charge in [-0.3, -0.25) is 0 Å². The van der Waals surface area contributed by atoms with Crippen molar-refractivity contribution >= 4 is 43.6 Å². The summed E-state index contributed by atoms with van der Waals surface area (Å²) in [6.07, 6.45) is 17.0. The highest BCUT2D eigenvalue weighted by atomic mass is 15.0. The molecule has 0 radical (unpaired) electrons. The minimum absolute atomic E-state index is 0.124. The van der Waals surface area contributed by atoms with Crippen LogP contribution >= 0.6 is 0 Å². The number of hydrogen-bond acceptors (Lipinski definition) is 0. The lowest BCUT2D eigenvalue weighted by atomic mass is 9.64. The standard InChI is InChI=1S/C19H15N.C13H11N.C10H18.C9H16.3C7H8/c1-14-8-7-13-18-19(14)16-11-5-6-12-17(16)20(18)15-9-3-2-4-10-15;1-14-12-8-4-2-6-10(12)11-7-3-5-9-13(11)14;1-2-9-7-8-3-5-10(9)6-4-8;1-7-6-8-2-4-9(7)5-3-8;3*1-7-5-3-2-4-6-7/h2-13H,1H3;2-9H,1H3;8-10H,2-7H2,1H3;7-9H,2-6H2,1H3;3*2-6H,1H3/i;;;;2D,3D,4D,5D,6D;;. The van der Waals surface area contributed by atoms with Crippen LogP contribution in [-0.4, -0.2) is 9.13 Å². The molecule has 4 bridgehead atoms. The number of rotatable bonds is 2. The Hall–Kier alpha value is -6.64. The van der Waals surface area contributed by atoms with E-state index in [-0.39, 0.29) is 30.2 Å². The predicted molar refractivity (Wildman–Crippen MR) is 323 cm³/mol. The molecule has 0 aliphatic heterocycles. The third-order valence-electron chi connectivity index (χ3n) is 16.4. The number of aromatic nitrogens is 2. The summed E-state index contributed by atoms with van der Waals surface area (Å²) in [7, 11) is 2.12. The molecule has 2 nitrogen and oxygen atoms in total. The van der Waals surface area contributed by atoms with Crippen molar-refractivity contribution in [2.75, 3.05) is 0 Å². The Morgan fingerprint density at radius 3 is 1.30 bits per heavy atom. The molecule has 10 aromatic rings. The Morgan fingerprint density at radius 1 is 0.432 bits per heavy atom. The number of fused-ring (bicyclic) bond motifs is 12. The molecule has 2 unspecified atom stereocenters. The second-order valence-corrected chi connectivity index (χ2v) is 21.5. The third-order valence-corrected chi connectivity index (χ3v) is 16.4. The van der Waals surface area contributed by atoms with E-state index < -0.39 is 0 Å². The highest BCUT2D eigenvalue weighted by Gasteiger charge is 2.34. The molecule has 6 aliphatic carbocycles. The maximum absolute atomic E-state index is 7.31. The van der Waals surface area contributed by atoms with Gasteiger partial charge < -0.3 is 9.13 Å². The Bertz CT molecular complexity index is 3300. The molecule has 2 heterocycles. The van der Waals surface area contributed by atoms with Gasteiger partial charge in [-0.15, -0.1) is 0 Å². The van der Waals surface area contributed by atoms with Crippen LogP contribution in [0.5, 0.6) is 0 Å². The summed E-state index contributed by atoms with van der Waals surface area (Å²) in [6, 6.07) is 62.1. The van der Waals surface area contributed by atoms with Gasteiger partial charge in [-0.1, -0.05) is 238 Å². The van der Waals surface area contributed by atoms with Crippen LogP contribution in [-0.2, 0) is 7.05 Å². The Labute approximate surface area is 452 Å². The smallest absolute Gasteiger partial charge is 0.0625 e. The fraction of sp³-hybridized carbons (Fsp3) is 0.333. The van der Waals surface area contributed by atoms with Gasteiger partial charge in [0.25, 0.3) is 0 Å². The Kier molecular flexibility index (Phi) is 17.2. The summed E-state index contributed by atoms with van der Waals surface area (Å²) in [5.74, 6) is 6.70. The summed E-state index contributed by atoms with van der Waals surface area (Å²) in [5.41, 5.74) is 10.6. The Morgan fingerprint density at radius 2 is 0.878 bits per heavy atom. The van der Waals surface area contributed by atoms with Gasteiger partial charge in [0.2, 0.25) is 0 Å². The van der Waals surface area contributed by atoms with Crippen LogP contribution in [0.4, 0.5) is 0 Å². The largest absolute Gasteiger partial charge is 0.344 e. The van der Waals surface area contributed by atoms with Crippen LogP contribution in [0, 0.1) is 63.2 Å². The van der Waals surface area contributed by atoms with E-state index in [9.17, 15) is 0 Å². The quantitative estimate of drug-likeness (QED) is 0.163. The van der Waals surface area contributed by atoms with Gasteiger partial charge in [0.05, 0.1) is 17.9 Å². The van der Waals surface area contributed by atoms with Crippen molar-refractivity contribution in [3.8, 4) is 5.69 Å². The lowest BCUT2D eigenvalue weighted by molar-refractivity contribution is 0.0964. The number of nitrogens with zero attached hydrogens (tertiary/aromatic N) is 2. The van der Waals surface area contributed by atoms with Crippen LogP contribution in [0.25, 0.3) is 49.3 Å². The first-order valence-corrected chi connectivity index (χ1v) is 27.8. The highest BCUT2D eigenvalue weighted by molar-refractivity contribution is 6.11. The molecule has 0 saturated heterocycles. The molecule has 0 spiro atoms. The minimum Gasteiger partial charge on any atom is -0.344 e. The summed E-state index contributed by atoms with van der Waals surface area (Å²) in [6.45, 7) is 12.7. The second-order valence-electron chi connectivity index (χ2n) is 21.5. The van der Waals surface area contributed by atoms with E-state index >= 15 is 0 Å². The van der Waals surface area contributed by atoms with Crippen molar-refractivity contribution in [3.05, 3.63) is 234 Å². The first kappa shape index (κ1) is 47.1. The molecule has 6 aliphatic rings. The zero-order valence-corrected chi connectivity index (χ0v) is 45.5. The zero-order chi connectivity index (χ0) is 56.0. The molecule has 16 rings (SSSR count). The van der Waals surface area contributed by atoms with Crippen LogP contribution in [0.1, 0.15) is 114 Å². The normalized spacial score (nSPS) is 20.8. The van der Waals surface area contributed by atoms with E-state index in [4.69, 9.17) is 6.85 Å². The van der Waals surface area contributed by atoms with Gasteiger partial charge in [0.15, 0.2) is 0 Å². The predicted octanol–water partition coefficient (Wildman–Crippen LogP) is 20.5. The minimum atomic E-state index is -0.337. The van der Waals surface area contributed by atoms with Crippen molar-refractivity contribution in [2.45, 2.75) is 112 Å². The van der Waals surface area contributed by atoms with Gasteiger partial charge in [0, 0.05) is 45.3 Å². The van der Waals surface area contributed by atoms with Gasteiger partial charge in [-0.05, 0) is 144 Å². The fourth-order valence-corrected chi connectivity index (χ4v) is 12.3. The van der Waals surface area contributed by atoms with Crippen molar-refractivity contribution in [3.63, 3.8) is 0 Å². The fourth-order valence-electron chi connectivity index (χ4n) is 12.3. The van der Waals surface area contributed by atoms with E-state index in [1.807, 2.05) is 36.4 Å². The molecule has 6 fully saturated rings. The Balaban J connectivity index is 0.000000125. The van der Waals surface area contributed by atoms with Crippen LogP contribution in [0.15, 0.2) is 212 Å². The molecule has 6 saturated carbocycles. The van der Waals surface area contributed by atoms with Crippen LogP contribution in [0.3, 0.4) is 0 Å². The zero-order valence-electron chi connectivity index (χ0n) is 50.5. The summed E-state index contributed by atoms with van der Waals surface area (Å²) >= 11 is 0. The average molecular weight is 983 g/mol. The van der Waals surface area contributed by atoms with Crippen LogP contribution < -0.4 is 0 Å². The van der Waals surface area contributed by atoms with E-state index in [0.29, 0.717) is 5.56 Å². The van der Waals surface area contributed by atoms with E-state index in [0.717, 1.165) is 35.5 Å². The average Bonchev–Trinajstić information content (AvgIpc) is 4.24. The first-order valence-electron chi connectivity index (χ1n) is 30.3. The van der Waals surface area contributed by atoms with Crippen LogP contribution in [0.2, 0.25) is 0 Å². The lowest BCUT2D eigenvalue weighted by Crippen LogP contribution is -2.30. The first-order chi connectivity index (χ1) is 38.2. The third kappa shape index (κ3) is 14.1. The van der Waals surface area contributed by atoms with Gasteiger partial charge in [-0.25, -0.2) is 0 Å². The summed E-state index contributed by atoms with van der Waals surface area (Å²) < 4.78 is 40.9. The second kappa shape index (κ2) is 27.1. The molecule has 0 amide bonds. The molecular formula is C72H84N2. The molecule has 2 heteroatoms. The number of hydrogen-bond donors (Lipinski definition) is 0. The van der Waals surface area contributed by atoms with Gasteiger partial charge >= 0.3 is 0 Å². The molecule has 0 N–H and O–H groups in total. The van der Waals surface area contributed by atoms with E-state index in [1.54, 1.807) is 64.2 Å². The summed E-state index contributed by atoms with van der Waals surface area (Å²) in [5, 5.41) is 5.35. The van der Waals surface area contributed by atoms with Crippen molar-refractivity contribution in [2.24, 2.45) is 42.6 Å². The van der Waals surface area contributed by atoms with E-state index in [2.05, 4.69) is 196 Å². The topological polar surface area (TPSA) is 9.86 Å². The number of aryl methyl sites for hydroxylation is 4. The maximum Gasteiger partial charge on any atom is 0.0625 e. The van der Waals surface area contributed by atoms with Crippen molar-refractivity contribution in [1.29, 1.82) is 0 Å². The van der Waals surface area contributed by atoms with E-state index in [1.165, 1.54) is 79.3 Å². The van der Waals surface area contributed by atoms with Gasteiger partial charge in [-0.2, -0.15) is 0 Å². The number of para-hydroxylation sites is 4. The number of benzene rings is 8. The van der Waals surface area contributed by atoms with Gasteiger partial charge in [0.1, 0.15) is 0 Å². The molecule has 382 valence electrons. The monoisotopic (exact) mass is 982 g/mol.